The standard InChI is InChI=1S/C14H24N4O2/c1-4-15-12-9-14(17-13(16-12)10-19-3)20-11-5-7-18(2)8-6-11/h9,11H,4-8,10H2,1-3H3,(H,15,16,17). The van der Waals surface area contributed by atoms with Crippen molar-refractivity contribution in [2.45, 2.75) is 32.5 Å². The largest absolute Gasteiger partial charge is 0.474 e. The van der Waals surface area contributed by atoms with Crippen LogP contribution in [0.25, 0.3) is 0 Å². The first-order valence-corrected chi connectivity index (χ1v) is 7.17. The molecule has 0 aromatic carbocycles. The summed E-state index contributed by atoms with van der Waals surface area (Å²) in [6.45, 7) is 5.39. The molecule has 20 heavy (non-hydrogen) atoms. The van der Waals surface area contributed by atoms with Crippen molar-refractivity contribution in [3.63, 3.8) is 0 Å². The van der Waals surface area contributed by atoms with Crippen molar-refractivity contribution < 1.29 is 9.47 Å². The molecule has 6 heteroatoms. The van der Waals surface area contributed by atoms with Crippen LogP contribution in [-0.4, -0.2) is 54.8 Å². The minimum atomic E-state index is 0.242. The summed E-state index contributed by atoms with van der Waals surface area (Å²) in [7, 11) is 3.78. The van der Waals surface area contributed by atoms with Gasteiger partial charge in [-0.15, -0.1) is 0 Å². The van der Waals surface area contributed by atoms with E-state index in [-0.39, 0.29) is 6.10 Å². The van der Waals surface area contributed by atoms with E-state index in [4.69, 9.17) is 9.47 Å². The number of nitrogens with zero attached hydrogens (tertiary/aromatic N) is 3. The summed E-state index contributed by atoms with van der Waals surface area (Å²) in [4.78, 5) is 11.1. The predicted molar refractivity (Wildman–Crippen MR) is 78.1 cm³/mol. The van der Waals surface area contributed by atoms with Gasteiger partial charge in [0.15, 0.2) is 5.82 Å². The van der Waals surface area contributed by atoms with Gasteiger partial charge >= 0.3 is 0 Å². The van der Waals surface area contributed by atoms with E-state index in [9.17, 15) is 0 Å². The molecule has 1 aliphatic rings. The Bertz CT molecular complexity index is 395. The van der Waals surface area contributed by atoms with Gasteiger partial charge < -0.3 is 19.7 Å². The lowest BCUT2D eigenvalue weighted by Gasteiger charge is -2.29. The van der Waals surface area contributed by atoms with Gasteiger partial charge in [0, 0.05) is 32.8 Å². The Balaban J connectivity index is 2.05. The summed E-state index contributed by atoms with van der Waals surface area (Å²) in [6.07, 6.45) is 2.32. The van der Waals surface area contributed by atoms with Crippen molar-refractivity contribution >= 4 is 5.82 Å². The summed E-state index contributed by atoms with van der Waals surface area (Å²) >= 11 is 0. The average molecular weight is 280 g/mol. The zero-order valence-electron chi connectivity index (χ0n) is 12.6. The summed E-state index contributed by atoms with van der Waals surface area (Å²) in [5.41, 5.74) is 0. The van der Waals surface area contributed by atoms with Crippen LogP contribution in [0.2, 0.25) is 0 Å². The van der Waals surface area contributed by atoms with Gasteiger partial charge in [-0.1, -0.05) is 0 Å². The first kappa shape index (κ1) is 15.0. The van der Waals surface area contributed by atoms with E-state index in [2.05, 4.69) is 27.2 Å². The number of nitrogens with one attached hydrogen (secondary N) is 1. The number of hydrogen-bond donors (Lipinski definition) is 1. The van der Waals surface area contributed by atoms with Crippen LogP contribution < -0.4 is 10.1 Å². The highest BCUT2D eigenvalue weighted by Crippen LogP contribution is 2.19. The van der Waals surface area contributed by atoms with Gasteiger partial charge in [-0.25, -0.2) is 4.98 Å². The highest BCUT2D eigenvalue weighted by atomic mass is 16.5. The fraction of sp³-hybridized carbons (Fsp3) is 0.714. The second-order valence-corrected chi connectivity index (χ2v) is 5.09. The molecule has 1 saturated heterocycles. The summed E-state index contributed by atoms with van der Waals surface area (Å²) < 4.78 is 11.1. The molecule has 0 saturated carbocycles. The number of methoxy groups -OCH3 is 1. The lowest BCUT2D eigenvalue weighted by molar-refractivity contribution is 0.108. The Labute approximate surface area is 120 Å². The third-order valence-corrected chi connectivity index (χ3v) is 3.33. The predicted octanol–water partition coefficient (Wildman–Crippen LogP) is 1.53. The van der Waals surface area contributed by atoms with Gasteiger partial charge in [0.2, 0.25) is 5.88 Å². The van der Waals surface area contributed by atoms with E-state index in [1.807, 2.05) is 13.0 Å². The van der Waals surface area contributed by atoms with Gasteiger partial charge in [-0.05, 0) is 26.8 Å². The van der Waals surface area contributed by atoms with Gasteiger partial charge in [-0.3, -0.25) is 0 Å². The van der Waals surface area contributed by atoms with E-state index >= 15 is 0 Å². The van der Waals surface area contributed by atoms with Crippen LogP contribution in [0, 0.1) is 0 Å². The second-order valence-electron chi connectivity index (χ2n) is 5.09. The highest BCUT2D eigenvalue weighted by Gasteiger charge is 2.19. The normalized spacial score (nSPS) is 17.1. The lowest BCUT2D eigenvalue weighted by atomic mass is 10.1. The minimum Gasteiger partial charge on any atom is -0.474 e. The molecule has 0 amide bonds. The topological polar surface area (TPSA) is 59.5 Å². The number of piperidine rings is 1. The second kappa shape index (κ2) is 7.40. The molecular formula is C14H24N4O2. The zero-order chi connectivity index (χ0) is 14.4. The van der Waals surface area contributed by atoms with E-state index in [1.54, 1.807) is 7.11 Å². The smallest absolute Gasteiger partial charge is 0.219 e. The molecule has 0 aliphatic carbocycles. The molecule has 6 nitrogen and oxygen atoms in total. The van der Waals surface area contributed by atoms with Gasteiger partial charge in [0.05, 0.1) is 0 Å². The zero-order valence-corrected chi connectivity index (χ0v) is 12.6. The van der Waals surface area contributed by atoms with Crippen molar-refractivity contribution in [1.29, 1.82) is 0 Å². The molecule has 112 valence electrons. The molecule has 0 bridgehead atoms. The van der Waals surface area contributed by atoms with Crippen LogP contribution in [0.3, 0.4) is 0 Å². The number of aromatic nitrogens is 2. The molecule has 0 radical (unpaired) electrons. The maximum atomic E-state index is 6.00. The van der Waals surface area contributed by atoms with E-state index in [0.717, 1.165) is 38.3 Å². The van der Waals surface area contributed by atoms with Crippen molar-refractivity contribution in [3.8, 4) is 5.88 Å². The monoisotopic (exact) mass is 280 g/mol. The van der Waals surface area contributed by atoms with Crippen LogP contribution >= 0.6 is 0 Å². The maximum Gasteiger partial charge on any atom is 0.219 e. The highest BCUT2D eigenvalue weighted by molar-refractivity contribution is 5.38. The Morgan fingerprint density at radius 1 is 1.35 bits per heavy atom. The lowest BCUT2D eigenvalue weighted by Crippen LogP contribution is -2.35. The summed E-state index contributed by atoms with van der Waals surface area (Å²) in [5, 5.41) is 3.20. The maximum absolute atomic E-state index is 6.00. The Kier molecular flexibility index (Phi) is 5.55. The number of anilines is 1. The number of likely N-dealkylation sites (tertiary alicyclic amines) is 1. The van der Waals surface area contributed by atoms with Gasteiger partial charge in [0.25, 0.3) is 0 Å². The molecular weight excluding hydrogens is 256 g/mol. The number of ether oxygens (including phenoxy) is 2. The molecule has 1 N–H and O–H groups in total. The molecule has 1 aromatic heterocycles. The third-order valence-electron chi connectivity index (χ3n) is 3.33. The van der Waals surface area contributed by atoms with Gasteiger partial charge in [0.1, 0.15) is 18.5 Å². The Hall–Kier alpha value is -1.40. The van der Waals surface area contributed by atoms with E-state index in [1.165, 1.54) is 0 Å². The van der Waals surface area contributed by atoms with Crippen molar-refractivity contribution in [2.75, 3.05) is 39.1 Å². The molecule has 0 atom stereocenters. The quantitative estimate of drug-likeness (QED) is 0.852. The molecule has 1 fully saturated rings. The summed E-state index contributed by atoms with van der Waals surface area (Å²) in [6, 6.07) is 1.86. The average Bonchev–Trinajstić information content (AvgIpc) is 2.42. The molecule has 2 heterocycles. The molecule has 1 aliphatic heterocycles. The van der Waals surface area contributed by atoms with Crippen LogP contribution in [0.4, 0.5) is 5.82 Å². The van der Waals surface area contributed by atoms with Crippen molar-refractivity contribution in [1.82, 2.24) is 14.9 Å². The first-order chi connectivity index (χ1) is 9.71. The molecule has 0 unspecified atom stereocenters. The fourth-order valence-corrected chi connectivity index (χ4v) is 2.27. The fourth-order valence-electron chi connectivity index (χ4n) is 2.27. The molecule has 2 rings (SSSR count). The molecule has 0 spiro atoms. The van der Waals surface area contributed by atoms with Gasteiger partial charge in [-0.2, -0.15) is 4.98 Å². The van der Waals surface area contributed by atoms with Crippen LogP contribution in [0.15, 0.2) is 6.07 Å². The number of rotatable bonds is 6. The summed E-state index contributed by atoms with van der Waals surface area (Å²) in [5.74, 6) is 2.07. The van der Waals surface area contributed by atoms with E-state index in [0.29, 0.717) is 18.3 Å². The Morgan fingerprint density at radius 2 is 2.10 bits per heavy atom. The van der Waals surface area contributed by atoms with E-state index < -0.39 is 0 Å². The SMILES string of the molecule is CCNc1cc(OC2CCN(C)CC2)nc(COC)n1. The molecule has 1 aromatic rings. The van der Waals surface area contributed by atoms with Crippen LogP contribution in [0.1, 0.15) is 25.6 Å². The number of hydrogen-bond acceptors (Lipinski definition) is 6. The Morgan fingerprint density at radius 3 is 2.75 bits per heavy atom. The minimum absolute atomic E-state index is 0.242. The van der Waals surface area contributed by atoms with Crippen LogP contribution in [-0.2, 0) is 11.3 Å². The van der Waals surface area contributed by atoms with Crippen LogP contribution in [0.5, 0.6) is 5.88 Å². The van der Waals surface area contributed by atoms with Crippen molar-refractivity contribution in [3.05, 3.63) is 11.9 Å². The third kappa shape index (κ3) is 4.31. The van der Waals surface area contributed by atoms with Crippen molar-refractivity contribution in [2.24, 2.45) is 0 Å². The first-order valence-electron chi connectivity index (χ1n) is 7.17.